The van der Waals surface area contributed by atoms with Gasteiger partial charge in [0, 0.05) is 49.1 Å². The normalized spacial score (nSPS) is 15.7. The molecule has 3 aromatic rings. The van der Waals surface area contributed by atoms with E-state index in [4.69, 9.17) is 21.1 Å². The highest BCUT2D eigenvalue weighted by molar-refractivity contribution is 6.31. The molecular weight excluding hydrogens is 497 g/mol. The van der Waals surface area contributed by atoms with Gasteiger partial charge in [-0.1, -0.05) is 17.7 Å². The van der Waals surface area contributed by atoms with Crippen LogP contribution in [0.25, 0.3) is 10.9 Å². The number of anilines is 3. The van der Waals surface area contributed by atoms with Gasteiger partial charge in [-0.05, 0) is 43.7 Å². The highest BCUT2D eigenvalue weighted by Crippen LogP contribution is 2.36. The Hall–Kier alpha value is -3.71. The van der Waals surface area contributed by atoms with Gasteiger partial charge in [0.05, 0.1) is 41.2 Å². The molecule has 0 spiro atoms. The summed E-state index contributed by atoms with van der Waals surface area (Å²) in [6.45, 7) is 2.30. The lowest BCUT2D eigenvalue weighted by atomic mass is 10.1. The molecule has 1 aromatic heterocycles. The molecule has 1 saturated heterocycles. The van der Waals surface area contributed by atoms with Crippen LogP contribution in [0.1, 0.15) is 18.4 Å². The second kappa shape index (κ2) is 12.0. The summed E-state index contributed by atoms with van der Waals surface area (Å²) >= 11 is 5.93. The van der Waals surface area contributed by atoms with Gasteiger partial charge in [-0.3, -0.25) is 14.7 Å². The van der Waals surface area contributed by atoms with Crippen molar-refractivity contribution >= 4 is 45.5 Å². The number of halogens is 2. The number of likely N-dealkylation sites (tertiary alicyclic amines) is 1. The summed E-state index contributed by atoms with van der Waals surface area (Å²) in [5, 5.41) is 16.2. The zero-order chi connectivity index (χ0) is 26.4. The van der Waals surface area contributed by atoms with E-state index in [0.717, 1.165) is 19.4 Å². The molecule has 1 atom stereocenters. The molecule has 0 radical (unpaired) electrons. The van der Waals surface area contributed by atoms with Crippen LogP contribution in [0.3, 0.4) is 0 Å². The van der Waals surface area contributed by atoms with Crippen molar-refractivity contribution in [2.45, 2.75) is 18.9 Å². The Morgan fingerprint density at radius 3 is 2.92 bits per heavy atom. The van der Waals surface area contributed by atoms with Crippen molar-refractivity contribution in [2.24, 2.45) is 0 Å². The van der Waals surface area contributed by atoms with Crippen molar-refractivity contribution in [3.63, 3.8) is 0 Å². The minimum atomic E-state index is -0.547. The smallest absolute Gasteiger partial charge is 0.248 e. The van der Waals surface area contributed by atoms with Crippen LogP contribution in [0, 0.1) is 17.1 Å². The third-order valence-corrected chi connectivity index (χ3v) is 6.51. The van der Waals surface area contributed by atoms with E-state index < -0.39 is 5.82 Å². The molecule has 8 nitrogen and oxygen atoms in total. The Morgan fingerprint density at radius 2 is 2.19 bits per heavy atom. The third kappa shape index (κ3) is 6.17. The molecule has 1 fully saturated rings. The van der Waals surface area contributed by atoms with Gasteiger partial charge < -0.3 is 20.1 Å². The van der Waals surface area contributed by atoms with Gasteiger partial charge in [0.1, 0.15) is 17.6 Å². The maximum Gasteiger partial charge on any atom is 0.248 e. The molecule has 0 unspecified atom stereocenters. The maximum atomic E-state index is 13.6. The van der Waals surface area contributed by atoms with Crippen molar-refractivity contribution in [1.82, 2.24) is 9.88 Å². The molecule has 2 heterocycles. The molecule has 1 amide bonds. The van der Waals surface area contributed by atoms with Crippen LogP contribution in [0.15, 0.2) is 48.7 Å². The first kappa shape index (κ1) is 26.4. The third-order valence-electron chi connectivity index (χ3n) is 6.22. The molecule has 2 aromatic carbocycles. The van der Waals surface area contributed by atoms with E-state index in [1.807, 2.05) is 6.08 Å². The Kier molecular flexibility index (Phi) is 8.56. The van der Waals surface area contributed by atoms with Crippen LogP contribution in [-0.2, 0) is 9.53 Å². The van der Waals surface area contributed by atoms with E-state index in [-0.39, 0.29) is 16.5 Å². The molecule has 2 N–H and O–H groups in total. The van der Waals surface area contributed by atoms with Crippen molar-refractivity contribution in [2.75, 3.05) is 44.5 Å². The second-order valence-corrected chi connectivity index (χ2v) is 9.03. The summed E-state index contributed by atoms with van der Waals surface area (Å²) in [5.41, 5.74) is 2.17. The zero-order valence-corrected chi connectivity index (χ0v) is 21.3. The van der Waals surface area contributed by atoms with Gasteiger partial charge in [0.2, 0.25) is 5.91 Å². The van der Waals surface area contributed by atoms with Gasteiger partial charge in [-0.25, -0.2) is 4.39 Å². The molecule has 37 heavy (non-hydrogen) atoms. The van der Waals surface area contributed by atoms with Gasteiger partial charge in [-0.15, -0.1) is 0 Å². The topological polar surface area (TPSA) is 99.5 Å². The van der Waals surface area contributed by atoms with Crippen LogP contribution >= 0.6 is 11.6 Å². The fourth-order valence-corrected chi connectivity index (χ4v) is 4.59. The van der Waals surface area contributed by atoms with Crippen LogP contribution < -0.4 is 15.4 Å². The first-order valence-corrected chi connectivity index (χ1v) is 12.1. The number of pyridine rings is 1. The fourth-order valence-electron chi connectivity index (χ4n) is 4.41. The summed E-state index contributed by atoms with van der Waals surface area (Å²) in [7, 11) is 3.20. The van der Waals surface area contributed by atoms with Crippen LogP contribution in [0.2, 0.25) is 5.02 Å². The number of nitriles is 1. The first-order chi connectivity index (χ1) is 17.9. The molecule has 10 heteroatoms. The molecule has 0 saturated carbocycles. The number of carbonyl (C=O) groups excluding carboxylic acids is 1. The number of rotatable bonds is 9. The number of hydrogen-bond donors (Lipinski definition) is 2. The van der Waals surface area contributed by atoms with Gasteiger partial charge in [0.15, 0.2) is 0 Å². The number of methoxy groups -OCH3 is 2. The number of hydrogen-bond acceptors (Lipinski definition) is 7. The standard InChI is InChI=1S/C27H27ClFN5O3/c1-36-16-19-5-3-9-34(19)10-4-6-26(35)33-24-12-20-23(13-25(24)37-2)31-15-17(14-30)27(20)32-18-7-8-22(29)21(28)11-18/h4,6-8,11-13,15,19H,3,5,9-10,16H2,1-2H3,(H,31,32)(H,33,35)/b6-4+/t19-/m0/s1. The summed E-state index contributed by atoms with van der Waals surface area (Å²) in [6.07, 6.45) is 6.96. The lowest BCUT2D eigenvalue weighted by molar-refractivity contribution is -0.111. The van der Waals surface area contributed by atoms with Gasteiger partial charge in [0.25, 0.3) is 0 Å². The van der Waals surface area contributed by atoms with Gasteiger partial charge >= 0.3 is 0 Å². The Balaban J connectivity index is 1.60. The van der Waals surface area contributed by atoms with Crippen molar-refractivity contribution in [3.8, 4) is 11.8 Å². The summed E-state index contributed by atoms with van der Waals surface area (Å²) < 4.78 is 24.4. The van der Waals surface area contributed by atoms with Crippen LogP contribution in [0.5, 0.6) is 5.75 Å². The molecule has 0 aliphatic carbocycles. The maximum absolute atomic E-state index is 13.6. The SMILES string of the molecule is COC[C@@H]1CCCN1C/C=C/C(=O)Nc1cc2c(Nc3ccc(F)c(Cl)c3)c(C#N)cnc2cc1OC. The van der Waals surface area contributed by atoms with E-state index in [0.29, 0.717) is 52.9 Å². The van der Waals surface area contributed by atoms with Crippen molar-refractivity contribution in [1.29, 1.82) is 5.26 Å². The minimum Gasteiger partial charge on any atom is -0.494 e. The number of nitrogens with one attached hydrogen (secondary N) is 2. The van der Waals surface area contributed by atoms with E-state index in [9.17, 15) is 14.4 Å². The first-order valence-electron chi connectivity index (χ1n) is 11.8. The lowest BCUT2D eigenvalue weighted by Crippen LogP contribution is -2.33. The number of aromatic nitrogens is 1. The zero-order valence-electron chi connectivity index (χ0n) is 20.6. The molecular formula is C27H27ClFN5O3. The van der Waals surface area contributed by atoms with Gasteiger partial charge in [-0.2, -0.15) is 5.26 Å². The minimum absolute atomic E-state index is 0.0502. The molecule has 1 aliphatic heterocycles. The number of nitrogens with zero attached hydrogens (tertiary/aromatic N) is 3. The van der Waals surface area contributed by atoms with Crippen LogP contribution in [-0.4, -0.2) is 55.7 Å². The lowest BCUT2D eigenvalue weighted by Gasteiger charge is -2.21. The van der Waals surface area contributed by atoms with E-state index >= 15 is 0 Å². The van der Waals surface area contributed by atoms with E-state index in [1.54, 1.807) is 19.2 Å². The molecule has 0 bridgehead atoms. The second-order valence-electron chi connectivity index (χ2n) is 8.62. The Bertz CT molecular complexity index is 1370. The quantitative estimate of drug-likeness (QED) is 0.369. The number of benzene rings is 2. The Morgan fingerprint density at radius 1 is 1.35 bits per heavy atom. The fraction of sp³-hybridized carbons (Fsp3) is 0.296. The average molecular weight is 524 g/mol. The Labute approximate surface area is 219 Å². The van der Waals surface area contributed by atoms with Crippen molar-refractivity contribution < 1.29 is 18.7 Å². The number of fused-ring (bicyclic) bond motifs is 1. The number of carbonyl (C=O) groups is 1. The highest BCUT2D eigenvalue weighted by atomic mass is 35.5. The predicted molar refractivity (Wildman–Crippen MR) is 142 cm³/mol. The number of ether oxygens (including phenoxy) is 2. The average Bonchev–Trinajstić information content (AvgIpc) is 3.33. The predicted octanol–water partition coefficient (Wildman–Crippen LogP) is 5.26. The number of amides is 1. The summed E-state index contributed by atoms with van der Waals surface area (Å²) in [4.78, 5) is 19.4. The molecule has 1 aliphatic rings. The van der Waals surface area contributed by atoms with E-state index in [2.05, 4.69) is 26.6 Å². The molecule has 192 valence electrons. The highest BCUT2D eigenvalue weighted by Gasteiger charge is 2.23. The van der Waals surface area contributed by atoms with Crippen molar-refractivity contribution in [3.05, 3.63) is 65.1 Å². The summed E-state index contributed by atoms with van der Waals surface area (Å²) in [6, 6.07) is 10.0. The molecule has 4 rings (SSSR count). The van der Waals surface area contributed by atoms with Crippen LogP contribution in [0.4, 0.5) is 21.5 Å². The largest absolute Gasteiger partial charge is 0.494 e. The monoisotopic (exact) mass is 523 g/mol. The van der Waals surface area contributed by atoms with E-state index in [1.165, 1.54) is 37.6 Å². The summed E-state index contributed by atoms with van der Waals surface area (Å²) in [5.74, 6) is -0.444.